The van der Waals surface area contributed by atoms with Gasteiger partial charge in [0.2, 0.25) is 0 Å². The Morgan fingerprint density at radius 1 is 1.27 bits per heavy atom. The smallest absolute Gasteiger partial charge is 0.416 e. The zero-order valence-electron chi connectivity index (χ0n) is 14.2. The maximum Gasteiger partial charge on any atom is 0.416 e. The first kappa shape index (κ1) is 19.8. The minimum atomic E-state index is -4.60. The molecule has 1 heterocycles. The zero-order valence-corrected chi connectivity index (χ0v) is 15.0. The molecule has 0 saturated heterocycles. The van der Waals surface area contributed by atoms with Crippen LogP contribution in [0.3, 0.4) is 0 Å². The van der Waals surface area contributed by atoms with Gasteiger partial charge in [0.1, 0.15) is 10.6 Å². The van der Waals surface area contributed by atoms with Crippen molar-refractivity contribution in [3.05, 3.63) is 46.8 Å². The molecule has 0 aliphatic carbocycles. The number of aromatic nitrogens is 1. The topological polar surface area (TPSA) is 88.3 Å². The molecule has 1 aromatic heterocycles. The zero-order chi connectivity index (χ0) is 19.7. The lowest BCUT2D eigenvalue weighted by Gasteiger charge is -2.12. The minimum Gasteiger partial charge on any atom is -0.461 e. The molecule has 2 aromatic rings. The second-order valence-electron chi connectivity index (χ2n) is 5.48. The quantitative estimate of drug-likeness (QED) is 0.763. The summed E-state index contributed by atoms with van der Waals surface area (Å²) >= 11 is 0. The molecular formula is C16H17F3N2O4S. The molecule has 0 spiro atoms. The van der Waals surface area contributed by atoms with Crippen molar-refractivity contribution in [2.75, 3.05) is 11.3 Å². The van der Waals surface area contributed by atoms with Crippen molar-refractivity contribution in [3.63, 3.8) is 0 Å². The molecule has 0 amide bonds. The molecule has 10 heteroatoms. The van der Waals surface area contributed by atoms with E-state index in [2.05, 4.69) is 9.71 Å². The maximum absolute atomic E-state index is 12.8. The van der Waals surface area contributed by atoms with E-state index < -0.39 is 27.7 Å². The Morgan fingerprint density at radius 3 is 2.50 bits per heavy atom. The Labute approximate surface area is 148 Å². The first-order valence-electron chi connectivity index (χ1n) is 7.53. The molecule has 0 bridgehead atoms. The Balaban J connectivity index is 2.42. The lowest BCUT2D eigenvalue weighted by molar-refractivity contribution is -0.137. The van der Waals surface area contributed by atoms with E-state index in [0.29, 0.717) is 6.07 Å². The Hall–Kier alpha value is -2.49. The summed E-state index contributed by atoms with van der Waals surface area (Å²) in [5.41, 5.74) is -0.941. The van der Waals surface area contributed by atoms with Crippen LogP contribution in [-0.2, 0) is 20.9 Å². The molecule has 0 aliphatic heterocycles. The van der Waals surface area contributed by atoms with Gasteiger partial charge in [-0.3, -0.25) is 4.72 Å². The van der Waals surface area contributed by atoms with Crippen LogP contribution >= 0.6 is 0 Å². The predicted molar refractivity (Wildman–Crippen MR) is 88.5 cm³/mol. The second kappa shape index (κ2) is 7.02. The number of carbonyl (C=O) groups excluding carboxylic acids is 1. The largest absolute Gasteiger partial charge is 0.461 e. The Bertz CT molecular complexity index is 933. The predicted octanol–water partition coefficient (Wildman–Crippen LogP) is 3.63. The summed E-state index contributed by atoms with van der Waals surface area (Å²) in [7, 11) is -4.22. The monoisotopic (exact) mass is 390 g/mol. The molecule has 0 radical (unpaired) electrons. The number of halogens is 3. The number of ether oxygens (including phenoxy) is 1. The van der Waals surface area contributed by atoms with Crippen LogP contribution in [0.5, 0.6) is 0 Å². The van der Waals surface area contributed by atoms with Gasteiger partial charge in [-0.05, 0) is 39.0 Å². The van der Waals surface area contributed by atoms with E-state index in [1.54, 1.807) is 6.92 Å². The van der Waals surface area contributed by atoms with E-state index in [1.165, 1.54) is 19.9 Å². The molecule has 1 aromatic carbocycles. The number of aromatic amines is 1. The number of hydrogen-bond donors (Lipinski definition) is 2. The molecule has 6 nitrogen and oxygen atoms in total. The van der Waals surface area contributed by atoms with E-state index in [9.17, 15) is 26.4 Å². The molecule has 0 aliphatic rings. The number of alkyl halides is 3. The summed E-state index contributed by atoms with van der Waals surface area (Å²) in [6, 6.07) is 3.84. The molecule has 2 N–H and O–H groups in total. The number of H-pyrrole nitrogens is 1. The van der Waals surface area contributed by atoms with Crippen LogP contribution in [0.1, 0.15) is 34.2 Å². The van der Waals surface area contributed by atoms with E-state index in [-0.39, 0.29) is 34.1 Å². The van der Waals surface area contributed by atoms with E-state index in [0.717, 1.165) is 12.1 Å². The number of nitrogens with one attached hydrogen (secondary N) is 2. The van der Waals surface area contributed by atoms with Crippen LogP contribution in [0.2, 0.25) is 0 Å². The summed E-state index contributed by atoms with van der Waals surface area (Å²) < 4.78 is 70.6. The molecule has 0 atom stereocenters. The summed E-state index contributed by atoms with van der Waals surface area (Å²) in [5, 5.41) is 0. The van der Waals surface area contributed by atoms with Crippen LogP contribution in [0.15, 0.2) is 29.2 Å². The van der Waals surface area contributed by atoms with Crippen molar-refractivity contribution < 1.29 is 31.1 Å². The van der Waals surface area contributed by atoms with Crippen LogP contribution in [0, 0.1) is 13.8 Å². The van der Waals surface area contributed by atoms with Crippen LogP contribution in [0.4, 0.5) is 18.9 Å². The van der Waals surface area contributed by atoms with Crippen molar-refractivity contribution in [3.8, 4) is 0 Å². The minimum absolute atomic E-state index is 0.0197. The van der Waals surface area contributed by atoms with Crippen molar-refractivity contribution >= 4 is 21.7 Å². The highest BCUT2D eigenvalue weighted by Crippen LogP contribution is 2.32. The van der Waals surface area contributed by atoms with Crippen molar-refractivity contribution in [2.45, 2.75) is 31.8 Å². The van der Waals surface area contributed by atoms with Gasteiger partial charge in [-0.15, -0.1) is 0 Å². The highest BCUT2D eigenvalue weighted by atomic mass is 32.2. The fourth-order valence-electron chi connectivity index (χ4n) is 2.51. The molecule has 26 heavy (non-hydrogen) atoms. The van der Waals surface area contributed by atoms with Gasteiger partial charge in [-0.25, -0.2) is 13.2 Å². The number of rotatable bonds is 5. The lowest BCUT2D eigenvalue weighted by Crippen LogP contribution is -2.15. The fourth-order valence-corrected chi connectivity index (χ4v) is 4.01. The standard InChI is InChI=1S/C16H17F3N2O4S/c1-4-25-15(22)13-9(2)14(10(3)20-13)26(23,24)21-12-7-5-6-11(8-12)16(17,18)19/h5-8,20-21H,4H2,1-3H3. The highest BCUT2D eigenvalue weighted by Gasteiger charge is 2.31. The van der Waals surface area contributed by atoms with Gasteiger partial charge in [0.15, 0.2) is 0 Å². The highest BCUT2D eigenvalue weighted by molar-refractivity contribution is 7.92. The van der Waals surface area contributed by atoms with Crippen molar-refractivity contribution in [1.82, 2.24) is 4.98 Å². The normalized spacial score (nSPS) is 12.1. The second-order valence-corrected chi connectivity index (χ2v) is 7.10. The van der Waals surface area contributed by atoms with Gasteiger partial charge in [0, 0.05) is 16.9 Å². The van der Waals surface area contributed by atoms with Gasteiger partial charge in [0.05, 0.1) is 12.2 Å². The number of benzene rings is 1. The number of carbonyl (C=O) groups is 1. The van der Waals surface area contributed by atoms with Crippen molar-refractivity contribution in [2.24, 2.45) is 0 Å². The molecule has 0 fully saturated rings. The SMILES string of the molecule is CCOC(=O)c1[nH]c(C)c(S(=O)(=O)Nc2cccc(C(F)(F)F)c2)c1C. The van der Waals surface area contributed by atoms with E-state index in [4.69, 9.17) is 4.74 Å². The first-order chi connectivity index (χ1) is 12.0. The molecular weight excluding hydrogens is 373 g/mol. The van der Waals surface area contributed by atoms with Crippen LogP contribution in [0.25, 0.3) is 0 Å². The Kier molecular flexibility index (Phi) is 5.36. The van der Waals surface area contributed by atoms with Gasteiger partial charge in [-0.1, -0.05) is 6.07 Å². The summed E-state index contributed by atoms with van der Waals surface area (Å²) in [4.78, 5) is 14.3. The number of sulfonamides is 1. The summed E-state index contributed by atoms with van der Waals surface area (Å²) in [5.74, 6) is -0.714. The van der Waals surface area contributed by atoms with Crippen molar-refractivity contribution in [1.29, 1.82) is 0 Å². The maximum atomic E-state index is 12.8. The third-order valence-corrected chi connectivity index (χ3v) is 5.21. The third kappa shape index (κ3) is 4.01. The Morgan fingerprint density at radius 2 is 1.92 bits per heavy atom. The number of hydrogen-bond acceptors (Lipinski definition) is 4. The van der Waals surface area contributed by atoms with Gasteiger partial charge < -0.3 is 9.72 Å². The van der Waals surface area contributed by atoms with Gasteiger partial charge in [-0.2, -0.15) is 13.2 Å². The summed E-state index contributed by atoms with van der Waals surface area (Å²) in [6.45, 7) is 4.57. The fraction of sp³-hybridized carbons (Fsp3) is 0.312. The van der Waals surface area contributed by atoms with E-state index >= 15 is 0 Å². The van der Waals surface area contributed by atoms with Gasteiger partial charge >= 0.3 is 12.1 Å². The molecule has 0 unspecified atom stereocenters. The molecule has 0 saturated carbocycles. The number of aryl methyl sites for hydroxylation is 1. The first-order valence-corrected chi connectivity index (χ1v) is 9.02. The van der Waals surface area contributed by atoms with E-state index in [1.807, 2.05) is 0 Å². The van der Waals surface area contributed by atoms with Gasteiger partial charge in [0.25, 0.3) is 10.0 Å². The third-order valence-electron chi connectivity index (χ3n) is 3.56. The van der Waals surface area contributed by atoms with Crippen LogP contribution in [-0.4, -0.2) is 26.0 Å². The average molecular weight is 390 g/mol. The summed E-state index contributed by atoms with van der Waals surface area (Å²) in [6.07, 6.45) is -4.60. The molecule has 142 valence electrons. The average Bonchev–Trinajstić information content (AvgIpc) is 2.82. The molecule has 2 rings (SSSR count). The number of anilines is 1. The lowest BCUT2D eigenvalue weighted by atomic mass is 10.2. The number of esters is 1. The van der Waals surface area contributed by atoms with Crippen LogP contribution < -0.4 is 4.72 Å².